The van der Waals surface area contributed by atoms with Crippen molar-refractivity contribution in [3.8, 4) is 0 Å². The predicted octanol–water partition coefficient (Wildman–Crippen LogP) is 1.83. The Morgan fingerprint density at radius 3 is 2.84 bits per heavy atom. The van der Waals surface area contributed by atoms with E-state index in [1.165, 1.54) is 17.9 Å². The third-order valence-corrected chi connectivity index (χ3v) is 5.23. The lowest BCUT2D eigenvalue weighted by Gasteiger charge is -2.06. The highest BCUT2D eigenvalue weighted by Crippen LogP contribution is 2.26. The van der Waals surface area contributed by atoms with Crippen LogP contribution in [0.5, 0.6) is 0 Å². The van der Waals surface area contributed by atoms with Crippen LogP contribution in [0.4, 0.5) is 0 Å². The number of sulfonamides is 1. The van der Waals surface area contributed by atoms with Gasteiger partial charge in [0.1, 0.15) is 9.77 Å². The van der Waals surface area contributed by atoms with Crippen LogP contribution >= 0.6 is 11.3 Å². The van der Waals surface area contributed by atoms with Crippen molar-refractivity contribution in [2.24, 2.45) is 0 Å². The molecule has 0 bridgehead atoms. The lowest BCUT2D eigenvalue weighted by atomic mass is 10.3. The molecule has 0 aliphatic heterocycles. The van der Waals surface area contributed by atoms with Gasteiger partial charge in [-0.2, -0.15) is 0 Å². The maximum absolute atomic E-state index is 12.1. The minimum atomic E-state index is -3.86. The summed E-state index contributed by atoms with van der Waals surface area (Å²) in [7, 11) is -3.86. The van der Waals surface area contributed by atoms with Crippen LogP contribution in [0, 0.1) is 6.92 Å². The number of carboxylic acids is 1. The summed E-state index contributed by atoms with van der Waals surface area (Å²) in [5.41, 5.74) is 1.08. The van der Waals surface area contributed by atoms with Gasteiger partial charge in [0.15, 0.2) is 0 Å². The summed E-state index contributed by atoms with van der Waals surface area (Å²) >= 11 is 0.897. The fraction of sp³-hybridized carbons (Fsp3) is 0.182. The molecular formula is C11H11NO5S2. The molecule has 0 saturated carbocycles. The van der Waals surface area contributed by atoms with E-state index < -0.39 is 16.0 Å². The van der Waals surface area contributed by atoms with E-state index in [4.69, 9.17) is 9.52 Å². The molecule has 0 aliphatic rings. The number of nitrogens with one attached hydrogen (secondary N) is 1. The number of rotatable bonds is 5. The Morgan fingerprint density at radius 2 is 2.26 bits per heavy atom. The number of furan rings is 1. The monoisotopic (exact) mass is 301 g/mol. The van der Waals surface area contributed by atoms with E-state index in [0.29, 0.717) is 11.1 Å². The molecule has 0 atom stereocenters. The Labute approximate surface area is 113 Å². The van der Waals surface area contributed by atoms with Crippen molar-refractivity contribution >= 4 is 27.3 Å². The van der Waals surface area contributed by atoms with Crippen molar-refractivity contribution in [3.05, 3.63) is 40.0 Å². The highest BCUT2D eigenvalue weighted by Gasteiger charge is 2.26. The zero-order valence-corrected chi connectivity index (χ0v) is 11.5. The minimum Gasteiger partial charge on any atom is -0.477 e. The SMILES string of the molecule is Cc1csc(C(=O)O)c1S(=O)(=O)NCc1ccoc1. The first-order valence-corrected chi connectivity index (χ1v) is 7.60. The molecule has 8 heteroatoms. The average molecular weight is 301 g/mol. The fourth-order valence-corrected chi connectivity index (χ4v) is 4.20. The largest absolute Gasteiger partial charge is 0.477 e. The van der Waals surface area contributed by atoms with Gasteiger partial charge in [0.05, 0.1) is 12.5 Å². The zero-order valence-electron chi connectivity index (χ0n) is 9.91. The smallest absolute Gasteiger partial charge is 0.347 e. The van der Waals surface area contributed by atoms with Crippen molar-refractivity contribution in [2.45, 2.75) is 18.4 Å². The predicted molar refractivity (Wildman–Crippen MR) is 68.7 cm³/mol. The van der Waals surface area contributed by atoms with E-state index in [0.717, 1.165) is 11.3 Å². The van der Waals surface area contributed by atoms with Gasteiger partial charge in [-0.05, 0) is 23.9 Å². The third kappa shape index (κ3) is 2.86. The van der Waals surface area contributed by atoms with Gasteiger partial charge >= 0.3 is 5.97 Å². The van der Waals surface area contributed by atoms with Gasteiger partial charge < -0.3 is 9.52 Å². The molecule has 6 nitrogen and oxygen atoms in total. The van der Waals surface area contributed by atoms with Crippen molar-refractivity contribution in [1.29, 1.82) is 0 Å². The fourth-order valence-electron chi connectivity index (χ4n) is 1.56. The van der Waals surface area contributed by atoms with Crippen molar-refractivity contribution in [2.75, 3.05) is 0 Å². The van der Waals surface area contributed by atoms with Gasteiger partial charge in [-0.1, -0.05) is 0 Å². The Morgan fingerprint density at radius 1 is 1.53 bits per heavy atom. The molecule has 0 amide bonds. The Bertz CT molecular complexity index is 685. The summed E-state index contributed by atoms with van der Waals surface area (Å²) in [5, 5.41) is 10.5. The van der Waals surface area contributed by atoms with Gasteiger partial charge in [-0.15, -0.1) is 11.3 Å². The standard InChI is InChI=1S/C11H11NO5S2/c1-7-6-18-9(11(13)14)10(7)19(15,16)12-4-8-2-3-17-5-8/h2-3,5-6,12H,4H2,1H3,(H,13,14). The summed E-state index contributed by atoms with van der Waals surface area (Å²) in [6.07, 6.45) is 2.85. The molecule has 2 rings (SSSR count). The Hall–Kier alpha value is -1.64. The van der Waals surface area contributed by atoms with E-state index in [9.17, 15) is 13.2 Å². The number of thiophene rings is 1. The summed E-state index contributed by atoms with van der Waals surface area (Å²) in [4.78, 5) is 10.7. The molecule has 0 unspecified atom stereocenters. The maximum atomic E-state index is 12.1. The first-order valence-electron chi connectivity index (χ1n) is 5.24. The number of carboxylic acid groups (broad SMARTS) is 1. The van der Waals surface area contributed by atoms with Gasteiger partial charge in [0, 0.05) is 12.1 Å². The van der Waals surface area contributed by atoms with Crippen LogP contribution in [0.3, 0.4) is 0 Å². The molecule has 0 aliphatic carbocycles. The second kappa shape index (κ2) is 5.16. The van der Waals surface area contributed by atoms with Gasteiger partial charge in [0.2, 0.25) is 10.0 Å². The molecule has 2 N–H and O–H groups in total. The number of aryl methyl sites for hydroxylation is 1. The summed E-state index contributed by atoms with van der Waals surface area (Å²) in [6, 6.07) is 1.63. The highest BCUT2D eigenvalue weighted by atomic mass is 32.2. The van der Waals surface area contributed by atoms with Crippen LogP contribution in [0.15, 0.2) is 33.3 Å². The minimum absolute atomic E-state index is 0.0488. The van der Waals surface area contributed by atoms with E-state index in [1.54, 1.807) is 13.0 Å². The third-order valence-electron chi connectivity index (χ3n) is 2.43. The molecule has 19 heavy (non-hydrogen) atoms. The van der Waals surface area contributed by atoms with Crippen molar-refractivity contribution in [1.82, 2.24) is 4.72 Å². The first kappa shape index (κ1) is 13.8. The Balaban J connectivity index is 2.29. The number of hydrogen-bond donors (Lipinski definition) is 2. The molecule has 2 heterocycles. The van der Waals surface area contributed by atoms with E-state index in [1.807, 2.05) is 0 Å². The van der Waals surface area contributed by atoms with E-state index in [-0.39, 0.29) is 16.3 Å². The van der Waals surface area contributed by atoms with Gasteiger partial charge in [0.25, 0.3) is 0 Å². The van der Waals surface area contributed by atoms with Crippen LogP contribution in [-0.4, -0.2) is 19.5 Å². The van der Waals surface area contributed by atoms with E-state index in [2.05, 4.69) is 4.72 Å². The average Bonchev–Trinajstić information content (AvgIpc) is 2.95. The zero-order chi connectivity index (χ0) is 14.0. The second-order valence-electron chi connectivity index (χ2n) is 3.84. The molecule has 2 aromatic heterocycles. The summed E-state index contributed by atoms with van der Waals surface area (Å²) in [6.45, 7) is 1.61. The molecule has 0 spiro atoms. The normalized spacial score (nSPS) is 11.6. The van der Waals surface area contributed by atoms with Gasteiger partial charge in [-0.25, -0.2) is 17.9 Å². The first-order chi connectivity index (χ1) is 8.92. The molecule has 2 aromatic rings. The molecule has 0 fully saturated rings. The molecule has 0 radical (unpaired) electrons. The van der Waals surface area contributed by atoms with Crippen LogP contribution in [0.1, 0.15) is 20.8 Å². The van der Waals surface area contributed by atoms with Crippen LogP contribution in [0.2, 0.25) is 0 Å². The highest BCUT2D eigenvalue weighted by molar-refractivity contribution is 7.89. The molecule has 102 valence electrons. The topological polar surface area (TPSA) is 96.6 Å². The van der Waals surface area contributed by atoms with E-state index >= 15 is 0 Å². The number of aromatic carboxylic acids is 1. The summed E-state index contributed by atoms with van der Waals surface area (Å²) < 4.78 is 31.5. The molecule has 0 saturated heterocycles. The number of carbonyl (C=O) groups is 1. The van der Waals surface area contributed by atoms with Crippen LogP contribution in [0.25, 0.3) is 0 Å². The number of hydrogen-bond acceptors (Lipinski definition) is 5. The molecule has 0 aromatic carbocycles. The van der Waals surface area contributed by atoms with Crippen molar-refractivity contribution in [3.63, 3.8) is 0 Å². The van der Waals surface area contributed by atoms with Crippen LogP contribution < -0.4 is 4.72 Å². The summed E-state index contributed by atoms with van der Waals surface area (Å²) in [5.74, 6) is -1.25. The van der Waals surface area contributed by atoms with Crippen LogP contribution in [-0.2, 0) is 16.6 Å². The Kier molecular flexibility index (Phi) is 3.74. The molecular weight excluding hydrogens is 290 g/mol. The quantitative estimate of drug-likeness (QED) is 0.878. The maximum Gasteiger partial charge on any atom is 0.347 e. The van der Waals surface area contributed by atoms with Crippen molar-refractivity contribution < 1.29 is 22.7 Å². The lowest BCUT2D eigenvalue weighted by molar-refractivity contribution is 0.0698. The second-order valence-corrected chi connectivity index (χ2v) is 6.42. The van der Waals surface area contributed by atoms with Gasteiger partial charge in [-0.3, -0.25) is 0 Å². The lowest BCUT2D eigenvalue weighted by Crippen LogP contribution is -2.24.